The second-order valence-corrected chi connectivity index (χ2v) is 8.53. The van der Waals surface area contributed by atoms with E-state index < -0.39 is 0 Å². The zero-order chi connectivity index (χ0) is 19.6. The summed E-state index contributed by atoms with van der Waals surface area (Å²) >= 11 is 0. The van der Waals surface area contributed by atoms with Gasteiger partial charge in [-0.2, -0.15) is 4.57 Å². The molecule has 27 heavy (non-hydrogen) atoms. The zero-order valence-electron chi connectivity index (χ0n) is 17.7. The van der Waals surface area contributed by atoms with E-state index in [1.165, 1.54) is 33.4 Å². The maximum atomic E-state index is 2.54. The van der Waals surface area contributed by atoms with E-state index in [9.17, 15) is 0 Å². The SMILES string of the molecule is Cc1ccc(N(CC(C)C)CC(C)C)cc1-c1ccc2ccccc2[n+]1C. The van der Waals surface area contributed by atoms with Crippen LogP contribution in [0, 0.1) is 18.8 Å². The van der Waals surface area contributed by atoms with Crippen molar-refractivity contribution < 1.29 is 4.57 Å². The van der Waals surface area contributed by atoms with Gasteiger partial charge in [-0.15, -0.1) is 0 Å². The first-order chi connectivity index (χ1) is 12.9. The number of anilines is 1. The molecule has 0 aliphatic heterocycles. The molecule has 2 nitrogen and oxygen atoms in total. The molecule has 0 saturated carbocycles. The number of nitrogens with zero attached hydrogens (tertiary/aromatic N) is 2. The average Bonchev–Trinajstić information content (AvgIpc) is 2.62. The third-order valence-electron chi connectivity index (χ3n) is 5.11. The Kier molecular flexibility index (Phi) is 5.84. The predicted molar refractivity (Wildman–Crippen MR) is 117 cm³/mol. The molecule has 0 atom stereocenters. The monoisotopic (exact) mass is 361 g/mol. The molecule has 0 aliphatic rings. The fourth-order valence-corrected chi connectivity index (χ4v) is 3.86. The summed E-state index contributed by atoms with van der Waals surface area (Å²) in [5.41, 5.74) is 6.49. The first-order valence-electron chi connectivity index (χ1n) is 10.1. The number of para-hydroxylation sites is 1. The summed E-state index contributed by atoms with van der Waals surface area (Å²) in [6.07, 6.45) is 0. The summed E-state index contributed by atoms with van der Waals surface area (Å²) in [5, 5.41) is 1.28. The number of pyridine rings is 1. The van der Waals surface area contributed by atoms with Gasteiger partial charge in [-0.1, -0.05) is 45.9 Å². The van der Waals surface area contributed by atoms with Crippen molar-refractivity contribution in [2.75, 3.05) is 18.0 Å². The molecular weight excluding hydrogens is 328 g/mol. The van der Waals surface area contributed by atoms with Gasteiger partial charge in [-0.25, -0.2) is 0 Å². The second kappa shape index (κ2) is 8.12. The zero-order valence-corrected chi connectivity index (χ0v) is 17.7. The molecule has 3 rings (SSSR count). The lowest BCUT2D eigenvalue weighted by molar-refractivity contribution is -0.633. The average molecular weight is 362 g/mol. The molecular formula is C25H33N2+. The van der Waals surface area contributed by atoms with E-state index in [1.54, 1.807) is 0 Å². The van der Waals surface area contributed by atoms with Crippen molar-refractivity contribution in [3.63, 3.8) is 0 Å². The van der Waals surface area contributed by atoms with Crippen LogP contribution in [0.15, 0.2) is 54.6 Å². The van der Waals surface area contributed by atoms with Gasteiger partial charge in [0.25, 0.3) is 0 Å². The molecule has 0 unspecified atom stereocenters. The van der Waals surface area contributed by atoms with Crippen molar-refractivity contribution in [3.8, 4) is 11.3 Å². The first-order valence-corrected chi connectivity index (χ1v) is 10.1. The molecule has 0 amide bonds. The van der Waals surface area contributed by atoms with Crippen LogP contribution in [0.5, 0.6) is 0 Å². The van der Waals surface area contributed by atoms with Gasteiger partial charge in [0.1, 0.15) is 7.05 Å². The van der Waals surface area contributed by atoms with Gasteiger partial charge >= 0.3 is 0 Å². The van der Waals surface area contributed by atoms with Gasteiger partial charge < -0.3 is 4.90 Å². The summed E-state index contributed by atoms with van der Waals surface area (Å²) in [4.78, 5) is 2.54. The molecule has 142 valence electrons. The fraction of sp³-hybridized carbons (Fsp3) is 0.400. The number of fused-ring (bicyclic) bond motifs is 1. The second-order valence-electron chi connectivity index (χ2n) is 8.53. The number of benzene rings is 2. The van der Waals surface area contributed by atoms with Gasteiger partial charge in [0.15, 0.2) is 0 Å². The van der Waals surface area contributed by atoms with E-state index in [1.807, 2.05) is 0 Å². The van der Waals surface area contributed by atoms with Crippen LogP contribution < -0.4 is 9.47 Å². The number of hydrogen-bond acceptors (Lipinski definition) is 1. The summed E-state index contributed by atoms with van der Waals surface area (Å²) in [6, 6.07) is 20.0. The van der Waals surface area contributed by atoms with E-state index >= 15 is 0 Å². The Morgan fingerprint density at radius 2 is 1.52 bits per heavy atom. The highest BCUT2D eigenvalue weighted by molar-refractivity contribution is 5.78. The lowest BCUT2D eigenvalue weighted by Crippen LogP contribution is -2.33. The largest absolute Gasteiger partial charge is 0.371 e. The Balaban J connectivity index is 2.09. The number of hydrogen-bond donors (Lipinski definition) is 0. The Morgan fingerprint density at radius 3 is 2.19 bits per heavy atom. The van der Waals surface area contributed by atoms with Crippen molar-refractivity contribution >= 4 is 16.6 Å². The molecule has 0 fully saturated rings. The minimum absolute atomic E-state index is 0.644. The molecule has 1 heterocycles. The third kappa shape index (κ3) is 4.32. The molecule has 0 N–H and O–H groups in total. The summed E-state index contributed by atoms with van der Waals surface area (Å²) < 4.78 is 2.32. The van der Waals surface area contributed by atoms with E-state index in [4.69, 9.17) is 0 Å². The normalized spacial score (nSPS) is 11.6. The Hall–Kier alpha value is -2.35. The number of rotatable bonds is 6. The van der Waals surface area contributed by atoms with Crippen molar-refractivity contribution in [3.05, 3.63) is 60.2 Å². The highest BCUT2D eigenvalue weighted by Crippen LogP contribution is 2.28. The molecule has 3 aromatic rings. The van der Waals surface area contributed by atoms with Gasteiger partial charge in [-0.3, -0.25) is 0 Å². The van der Waals surface area contributed by atoms with Gasteiger partial charge in [0.05, 0.1) is 5.56 Å². The summed E-state index contributed by atoms with van der Waals surface area (Å²) in [6.45, 7) is 13.6. The Labute approximate surface area is 164 Å². The van der Waals surface area contributed by atoms with Crippen LogP contribution in [0.25, 0.3) is 22.2 Å². The van der Waals surface area contributed by atoms with Crippen molar-refractivity contribution in [1.82, 2.24) is 0 Å². The molecule has 0 radical (unpaired) electrons. The standard InChI is InChI=1S/C25H33N2/c1-18(2)16-27(17-19(3)4)22-13-11-20(5)23(15-22)25-14-12-21-9-7-8-10-24(21)26(25)6/h7-15,18-19H,16-17H2,1-6H3/q+1. The molecule has 0 aliphatic carbocycles. The smallest absolute Gasteiger partial charge is 0.213 e. The number of aromatic nitrogens is 1. The van der Waals surface area contributed by atoms with Crippen LogP contribution in [0.2, 0.25) is 0 Å². The topological polar surface area (TPSA) is 7.12 Å². The quantitative estimate of drug-likeness (QED) is 0.506. The third-order valence-corrected chi connectivity index (χ3v) is 5.11. The molecule has 0 spiro atoms. The van der Waals surface area contributed by atoms with Gasteiger partial charge in [0, 0.05) is 36.3 Å². The van der Waals surface area contributed by atoms with Crippen molar-refractivity contribution in [2.24, 2.45) is 18.9 Å². The van der Waals surface area contributed by atoms with Crippen molar-refractivity contribution in [1.29, 1.82) is 0 Å². The Morgan fingerprint density at radius 1 is 0.852 bits per heavy atom. The van der Waals surface area contributed by atoms with Crippen LogP contribution in [0.1, 0.15) is 33.3 Å². The van der Waals surface area contributed by atoms with E-state index in [-0.39, 0.29) is 0 Å². The van der Waals surface area contributed by atoms with Crippen LogP contribution >= 0.6 is 0 Å². The Bertz CT molecular complexity index is 915. The van der Waals surface area contributed by atoms with Gasteiger partial charge in [0.2, 0.25) is 11.2 Å². The molecule has 2 aromatic carbocycles. The minimum atomic E-state index is 0.644. The van der Waals surface area contributed by atoms with Crippen LogP contribution in [0.4, 0.5) is 5.69 Å². The van der Waals surface area contributed by atoms with E-state index in [0.29, 0.717) is 11.8 Å². The molecule has 2 heteroatoms. The minimum Gasteiger partial charge on any atom is -0.371 e. The predicted octanol–water partition coefficient (Wildman–Crippen LogP) is 5.76. The fourth-order valence-electron chi connectivity index (χ4n) is 3.86. The molecule has 1 aromatic heterocycles. The maximum absolute atomic E-state index is 2.54. The van der Waals surface area contributed by atoms with Crippen LogP contribution in [-0.2, 0) is 7.05 Å². The van der Waals surface area contributed by atoms with Crippen molar-refractivity contribution in [2.45, 2.75) is 34.6 Å². The lowest BCUT2D eigenvalue weighted by atomic mass is 10.0. The molecule has 0 bridgehead atoms. The first kappa shape index (κ1) is 19.4. The number of aryl methyl sites for hydroxylation is 2. The van der Waals surface area contributed by atoms with E-state index in [0.717, 1.165) is 13.1 Å². The van der Waals surface area contributed by atoms with E-state index in [2.05, 4.69) is 106 Å². The summed E-state index contributed by atoms with van der Waals surface area (Å²) in [7, 11) is 2.17. The highest BCUT2D eigenvalue weighted by Gasteiger charge is 2.18. The van der Waals surface area contributed by atoms with Gasteiger partial charge in [-0.05, 0) is 48.6 Å². The summed E-state index contributed by atoms with van der Waals surface area (Å²) in [5.74, 6) is 1.29. The van der Waals surface area contributed by atoms with Crippen LogP contribution in [-0.4, -0.2) is 13.1 Å². The lowest BCUT2D eigenvalue weighted by Gasteiger charge is -2.29. The molecule has 0 saturated heterocycles. The highest BCUT2D eigenvalue weighted by atomic mass is 15.1. The maximum Gasteiger partial charge on any atom is 0.213 e. The van der Waals surface area contributed by atoms with Crippen LogP contribution in [0.3, 0.4) is 0 Å².